The Labute approximate surface area is 126 Å². The maximum atomic E-state index is 12.6. The molecule has 2 heterocycles. The Morgan fingerprint density at radius 2 is 2.05 bits per heavy atom. The lowest BCUT2D eigenvalue weighted by molar-refractivity contribution is 0.0537. The molecule has 1 fully saturated rings. The van der Waals surface area contributed by atoms with Crippen LogP contribution in [-0.2, 0) is 21.2 Å². The first-order valence-electron chi connectivity index (χ1n) is 7.47. The summed E-state index contributed by atoms with van der Waals surface area (Å²) in [6.45, 7) is 4.11. The summed E-state index contributed by atoms with van der Waals surface area (Å²) in [7, 11) is -3.49. The van der Waals surface area contributed by atoms with Crippen LogP contribution in [0.5, 0.6) is 0 Å². The van der Waals surface area contributed by atoms with Crippen molar-refractivity contribution in [1.29, 1.82) is 0 Å². The van der Waals surface area contributed by atoms with Gasteiger partial charge in [-0.15, -0.1) is 0 Å². The van der Waals surface area contributed by atoms with Crippen molar-refractivity contribution in [2.75, 3.05) is 25.1 Å². The summed E-state index contributed by atoms with van der Waals surface area (Å²) < 4.78 is 33.4. The molecular weight excluding hydrogens is 288 g/mol. The van der Waals surface area contributed by atoms with Gasteiger partial charge in [-0.25, -0.2) is 13.1 Å². The molecule has 116 valence electrons. The Bertz CT molecular complexity index is 622. The van der Waals surface area contributed by atoms with Crippen molar-refractivity contribution in [3.05, 3.63) is 23.8 Å². The molecule has 0 unspecified atom stereocenters. The number of sulfonamides is 1. The fraction of sp³-hybridized carbons (Fsp3) is 0.600. The molecule has 0 bridgehead atoms. The SMILES string of the molecule is CC1(NS(=O)(=O)c2ccc3c(c2)CCCN3)CCOCC1. The second-order valence-corrected chi connectivity index (χ2v) is 7.81. The molecule has 21 heavy (non-hydrogen) atoms. The van der Waals surface area contributed by atoms with E-state index in [0.29, 0.717) is 31.0 Å². The zero-order chi connectivity index (χ0) is 14.9. The number of benzene rings is 1. The summed E-state index contributed by atoms with van der Waals surface area (Å²) >= 11 is 0. The fourth-order valence-corrected chi connectivity index (χ4v) is 4.44. The highest BCUT2D eigenvalue weighted by Gasteiger charge is 2.32. The number of hydrogen-bond acceptors (Lipinski definition) is 4. The van der Waals surface area contributed by atoms with E-state index in [9.17, 15) is 8.42 Å². The Hall–Kier alpha value is -1.11. The third-order valence-electron chi connectivity index (χ3n) is 4.30. The van der Waals surface area contributed by atoms with Crippen LogP contribution < -0.4 is 10.0 Å². The highest BCUT2D eigenvalue weighted by Crippen LogP contribution is 2.27. The van der Waals surface area contributed by atoms with Gasteiger partial charge in [-0.1, -0.05) is 0 Å². The number of rotatable bonds is 3. The standard InChI is InChI=1S/C15H22N2O3S/c1-15(6-9-20-10-7-15)17-21(18,19)13-4-5-14-12(11-13)3-2-8-16-14/h4-5,11,16-17H,2-3,6-10H2,1H3. The van der Waals surface area contributed by atoms with Crippen molar-refractivity contribution in [3.63, 3.8) is 0 Å². The third kappa shape index (κ3) is 3.22. The minimum atomic E-state index is -3.49. The van der Waals surface area contributed by atoms with E-state index in [1.165, 1.54) is 0 Å². The van der Waals surface area contributed by atoms with Crippen molar-refractivity contribution < 1.29 is 13.2 Å². The van der Waals surface area contributed by atoms with Gasteiger partial charge >= 0.3 is 0 Å². The Balaban J connectivity index is 1.84. The lowest BCUT2D eigenvalue weighted by atomic mass is 9.94. The lowest BCUT2D eigenvalue weighted by Gasteiger charge is -2.34. The van der Waals surface area contributed by atoms with Crippen LogP contribution in [0.4, 0.5) is 5.69 Å². The topological polar surface area (TPSA) is 67.4 Å². The highest BCUT2D eigenvalue weighted by molar-refractivity contribution is 7.89. The fourth-order valence-electron chi connectivity index (χ4n) is 2.93. The van der Waals surface area contributed by atoms with Gasteiger partial charge in [-0.05, 0) is 56.4 Å². The Morgan fingerprint density at radius 3 is 2.81 bits per heavy atom. The van der Waals surface area contributed by atoms with Crippen LogP contribution in [0.15, 0.2) is 23.1 Å². The van der Waals surface area contributed by atoms with Gasteiger partial charge in [0.1, 0.15) is 0 Å². The predicted molar refractivity (Wildman–Crippen MR) is 82.0 cm³/mol. The first kappa shape index (κ1) is 14.8. The second-order valence-electron chi connectivity index (χ2n) is 6.13. The summed E-state index contributed by atoms with van der Waals surface area (Å²) in [5.41, 5.74) is 1.73. The molecule has 0 radical (unpaired) electrons. The van der Waals surface area contributed by atoms with Gasteiger partial charge in [0.25, 0.3) is 0 Å². The minimum Gasteiger partial charge on any atom is -0.385 e. The quantitative estimate of drug-likeness (QED) is 0.895. The summed E-state index contributed by atoms with van der Waals surface area (Å²) in [6.07, 6.45) is 3.38. The molecule has 1 aromatic rings. The molecule has 0 aliphatic carbocycles. The number of hydrogen-bond donors (Lipinski definition) is 2. The van der Waals surface area contributed by atoms with Gasteiger partial charge < -0.3 is 10.1 Å². The summed E-state index contributed by atoms with van der Waals surface area (Å²) in [5.74, 6) is 0. The lowest BCUT2D eigenvalue weighted by Crippen LogP contribution is -2.49. The molecular formula is C15H22N2O3S. The summed E-state index contributed by atoms with van der Waals surface area (Å²) in [4.78, 5) is 0.359. The minimum absolute atomic E-state index is 0.359. The number of aryl methyl sites for hydroxylation is 1. The van der Waals surface area contributed by atoms with Crippen molar-refractivity contribution in [2.24, 2.45) is 0 Å². The zero-order valence-electron chi connectivity index (χ0n) is 12.3. The van der Waals surface area contributed by atoms with Crippen molar-refractivity contribution >= 4 is 15.7 Å². The number of nitrogens with one attached hydrogen (secondary N) is 2. The van der Waals surface area contributed by atoms with Gasteiger partial charge in [0, 0.05) is 31.0 Å². The molecule has 1 aromatic carbocycles. The zero-order valence-corrected chi connectivity index (χ0v) is 13.1. The van der Waals surface area contributed by atoms with Crippen LogP contribution in [0.1, 0.15) is 31.7 Å². The molecule has 6 heteroatoms. The maximum absolute atomic E-state index is 12.6. The van der Waals surface area contributed by atoms with E-state index in [2.05, 4.69) is 10.0 Å². The number of ether oxygens (including phenoxy) is 1. The molecule has 2 N–H and O–H groups in total. The van der Waals surface area contributed by atoms with Gasteiger partial charge in [-0.3, -0.25) is 0 Å². The van der Waals surface area contributed by atoms with E-state index >= 15 is 0 Å². The van der Waals surface area contributed by atoms with E-state index in [0.717, 1.165) is 30.6 Å². The van der Waals surface area contributed by atoms with E-state index in [4.69, 9.17) is 4.74 Å². The molecule has 2 aliphatic rings. The van der Waals surface area contributed by atoms with Crippen molar-refractivity contribution in [3.8, 4) is 0 Å². The van der Waals surface area contributed by atoms with Crippen LogP contribution in [-0.4, -0.2) is 33.7 Å². The van der Waals surface area contributed by atoms with Crippen LogP contribution in [0.3, 0.4) is 0 Å². The van der Waals surface area contributed by atoms with Crippen LogP contribution in [0, 0.1) is 0 Å². The molecule has 0 spiro atoms. The summed E-state index contributed by atoms with van der Waals surface area (Å²) in [6, 6.07) is 5.35. The van der Waals surface area contributed by atoms with E-state index in [1.807, 2.05) is 13.0 Å². The maximum Gasteiger partial charge on any atom is 0.241 e. The number of fused-ring (bicyclic) bond motifs is 1. The van der Waals surface area contributed by atoms with Crippen molar-refractivity contribution in [1.82, 2.24) is 4.72 Å². The molecule has 2 aliphatic heterocycles. The van der Waals surface area contributed by atoms with Crippen LogP contribution in [0.25, 0.3) is 0 Å². The molecule has 0 saturated carbocycles. The van der Waals surface area contributed by atoms with Crippen LogP contribution >= 0.6 is 0 Å². The van der Waals surface area contributed by atoms with Gasteiger partial charge in [0.2, 0.25) is 10.0 Å². The largest absolute Gasteiger partial charge is 0.385 e. The second kappa shape index (κ2) is 5.59. The number of anilines is 1. The van der Waals surface area contributed by atoms with E-state index in [-0.39, 0.29) is 0 Å². The highest BCUT2D eigenvalue weighted by atomic mass is 32.2. The van der Waals surface area contributed by atoms with E-state index in [1.54, 1.807) is 12.1 Å². The van der Waals surface area contributed by atoms with Gasteiger partial charge in [-0.2, -0.15) is 0 Å². The first-order chi connectivity index (χ1) is 9.99. The normalized spacial score (nSPS) is 21.4. The molecule has 0 atom stereocenters. The first-order valence-corrected chi connectivity index (χ1v) is 8.95. The Morgan fingerprint density at radius 1 is 1.29 bits per heavy atom. The molecule has 1 saturated heterocycles. The molecule has 3 rings (SSSR count). The molecule has 0 aromatic heterocycles. The van der Waals surface area contributed by atoms with Gasteiger partial charge in [0.15, 0.2) is 0 Å². The van der Waals surface area contributed by atoms with Crippen LogP contribution in [0.2, 0.25) is 0 Å². The van der Waals surface area contributed by atoms with Gasteiger partial charge in [0.05, 0.1) is 4.90 Å². The molecule has 5 nitrogen and oxygen atoms in total. The monoisotopic (exact) mass is 310 g/mol. The third-order valence-corrected chi connectivity index (χ3v) is 5.94. The Kier molecular flexibility index (Phi) is 3.94. The molecule has 0 amide bonds. The predicted octanol–water partition coefficient (Wildman–Crippen LogP) is 1.89. The average molecular weight is 310 g/mol. The van der Waals surface area contributed by atoms with E-state index < -0.39 is 15.6 Å². The average Bonchev–Trinajstić information content (AvgIpc) is 2.46. The summed E-state index contributed by atoms with van der Waals surface area (Å²) in [5, 5.41) is 3.30. The smallest absolute Gasteiger partial charge is 0.241 e. The van der Waals surface area contributed by atoms with Crippen molar-refractivity contribution in [2.45, 2.75) is 43.0 Å².